The van der Waals surface area contributed by atoms with Crippen LogP contribution in [0.1, 0.15) is 31.2 Å². The van der Waals surface area contributed by atoms with E-state index in [-0.39, 0.29) is 17.5 Å². The van der Waals surface area contributed by atoms with Gasteiger partial charge in [-0.05, 0) is 61.3 Å². The number of amides is 1. The first-order valence-electron chi connectivity index (χ1n) is 11.3. The van der Waals surface area contributed by atoms with Gasteiger partial charge in [0.1, 0.15) is 12.1 Å². The molecule has 0 radical (unpaired) electrons. The van der Waals surface area contributed by atoms with Gasteiger partial charge in [-0.1, -0.05) is 0 Å². The number of methoxy groups -OCH3 is 2. The van der Waals surface area contributed by atoms with Crippen molar-refractivity contribution in [1.82, 2.24) is 20.8 Å². The number of carbonyl (C=O) groups is 1. The van der Waals surface area contributed by atoms with E-state index in [0.717, 1.165) is 42.7 Å². The van der Waals surface area contributed by atoms with Crippen molar-refractivity contribution in [3.8, 4) is 11.5 Å². The monoisotopic (exact) mass is 436 g/mol. The van der Waals surface area contributed by atoms with Gasteiger partial charge in [-0.25, -0.2) is 15.4 Å². The second kappa shape index (κ2) is 7.31. The van der Waals surface area contributed by atoms with E-state index in [1.807, 2.05) is 18.2 Å². The minimum atomic E-state index is -0.376. The number of hydrogen-bond acceptors (Lipinski definition) is 8. The quantitative estimate of drug-likeness (QED) is 0.564. The lowest BCUT2D eigenvalue weighted by molar-refractivity contribution is -0.118. The molecule has 1 amide bonds. The number of aromatic nitrogens is 2. The molecule has 2 aromatic rings. The van der Waals surface area contributed by atoms with Crippen molar-refractivity contribution in [2.24, 2.45) is 17.8 Å². The van der Waals surface area contributed by atoms with E-state index >= 15 is 0 Å². The van der Waals surface area contributed by atoms with Crippen LogP contribution in [0.2, 0.25) is 0 Å². The summed E-state index contributed by atoms with van der Waals surface area (Å²) in [6.07, 6.45) is 7.43. The van der Waals surface area contributed by atoms with Crippen LogP contribution in [0.15, 0.2) is 30.7 Å². The highest BCUT2D eigenvalue weighted by Crippen LogP contribution is 2.65. The fourth-order valence-corrected chi connectivity index (χ4v) is 6.24. The van der Waals surface area contributed by atoms with Gasteiger partial charge in [-0.3, -0.25) is 10.2 Å². The van der Waals surface area contributed by atoms with Gasteiger partial charge in [0, 0.05) is 17.6 Å². The third kappa shape index (κ3) is 2.87. The van der Waals surface area contributed by atoms with E-state index in [4.69, 9.17) is 9.47 Å². The Labute approximate surface area is 186 Å². The van der Waals surface area contributed by atoms with Crippen molar-refractivity contribution in [3.05, 3.63) is 36.3 Å². The summed E-state index contributed by atoms with van der Waals surface area (Å²) in [6, 6.07) is 6.27. The molecule has 1 spiro atoms. The third-order valence-electron chi connectivity index (χ3n) is 7.93. The second-order valence-corrected chi connectivity index (χ2v) is 9.34. The summed E-state index contributed by atoms with van der Waals surface area (Å²) in [5.74, 6) is 3.62. The molecule has 9 nitrogen and oxygen atoms in total. The molecule has 1 saturated heterocycles. The summed E-state index contributed by atoms with van der Waals surface area (Å²) in [5.41, 5.74) is 8.57. The Morgan fingerprint density at radius 3 is 2.94 bits per heavy atom. The molecule has 1 aromatic heterocycles. The van der Waals surface area contributed by atoms with Crippen LogP contribution in [0.25, 0.3) is 0 Å². The molecule has 2 saturated carbocycles. The van der Waals surface area contributed by atoms with Gasteiger partial charge >= 0.3 is 0 Å². The Hall–Kier alpha value is -2.91. The third-order valence-corrected chi connectivity index (χ3v) is 7.93. The van der Waals surface area contributed by atoms with Crippen LogP contribution in [-0.4, -0.2) is 42.3 Å². The minimum Gasteiger partial charge on any atom is -0.497 e. The standard InChI is InChI=1S/C23H28N6O3/c1-31-13-4-6-17-15(8-13)23(22(30)26-17)9-16(23)12-3-5-14-18(7-12)28-29-20(14)27-21-19(32-2)10-24-11-25-21/h4,6,8,10-12,14,16,18,20,28-29H,3,5,7,9H2,1-2H3,(H,26,30)(H,24,25,27)/t12?,14?,16-,18?,20?,23-/m1/s1. The van der Waals surface area contributed by atoms with Crippen molar-refractivity contribution in [3.63, 3.8) is 0 Å². The van der Waals surface area contributed by atoms with E-state index in [1.54, 1.807) is 20.4 Å². The smallest absolute Gasteiger partial charge is 0.235 e. The fraction of sp³-hybridized carbons (Fsp3) is 0.522. The van der Waals surface area contributed by atoms with Crippen LogP contribution in [0.3, 0.4) is 0 Å². The van der Waals surface area contributed by atoms with Crippen LogP contribution in [0.5, 0.6) is 11.5 Å². The van der Waals surface area contributed by atoms with Gasteiger partial charge in [0.2, 0.25) is 5.91 Å². The van der Waals surface area contributed by atoms with E-state index < -0.39 is 0 Å². The minimum absolute atomic E-state index is 0.0673. The Kier molecular flexibility index (Phi) is 4.51. The molecule has 2 aliphatic heterocycles. The molecule has 6 rings (SSSR count). The Morgan fingerprint density at radius 1 is 1.19 bits per heavy atom. The predicted octanol–water partition coefficient (Wildman–Crippen LogP) is 2.03. The SMILES string of the molecule is COc1ccc2c(c1)[C@@]1(C[C@@H]1C1CCC3C(C1)NNC3Nc1ncncc1OC)C(=O)N2. The lowest BCUT2D eigenvalue weighted by atomic mass is 9.74. The van der Waals surface area contributed by atoms with Crippen molar-refractivity contribution in [2.75, 3.05) is 24.9 Å². The molecule has 9 heteroatoms. The highest BCUT2D eigenvalue weighted by molar-refractivity contribution is 6.09. The number of anilines is 2. The van der Waals surface area contributed by atoms with Crippen molar-refractivity contribution in [2.45, 2.75) is 43.3 Å². The predicted molar refractivity (Wildman–Crippen MR) is 118 cm³/mol. The lowest BCUT2D eigenvalue weighted by Crippen LogP contribution is -2.39. The van der Waals surface area contributed by atoms with Gasteiger partial charge in [0.25, 0.3) is 0 Å². The Balaban J connectivity index is 1.16. The molecule has 168 valence electrons. The first kappa shape index (κ1) is 19.8. The molecule has 4 unspecified atom stereocenters. The average molecular weight is 437 g/mol. The van der Waals surface area contributed by atoms with Crippen molar-refractivity contribution in [1.29, 1.82) is 0 Å². The van der Waals surface area contributed by atoms with Gasteiger partial charge in [0.05, 0.1) is 32.0 Å². The van der Waals surface area contributed by atoms with Crippen molar-refractivity contribution >= 4 is 17.4 Å². The lowest BCUT2D eigenvalue weighted by Gasteiger charge is -2.34. The fourth-order valence-electron chi connectivity index (χ4n) is 6.24. The zero-order valence-electron chi connectivity index (χ0n) is 18.2. The normalized spacial score (nSPS) is 34.6. The van der Waals surface area contributed by atoms with E-state index in [0.29, 0.717) is 35.4 Å². The van der Waals surface area contributed by atoms with Gasteiger partial charge < -0.3 is 20.1 Å². The summed E-state index contributed by atoms with van der Waals surface area (Å²) in [5, 5.41) is 6.58. The number of nitrogens with one attached hydrogen (secondary N) is 4. The molecule has 4 N–H and O–H groups in total. The summed E-state index contributed by atoms with van der Waals surface area (Å²) in [7, 11) is 3.29. The van der Waals surface area contributed by atoms with Crippen LogP contribution >= 0.6 is 0 Å². The second-order valence-electron chi connectivity index (χ2n) is 9.34. The van der Waals surface area contributed by atoms with E-state index in [1.165, 1.54) is 6.33 Å². The Morgan fingerprint density at radius 2 is 2.09 bits per heavy atom. The van der Waals surface area contributed by atoms with Crippen LogP contribution in [-0.2, 0) is 10.2 Å². The number of nitrogens with zero attached hydrogens (tertiary/aromatic N) is 2. The molecule has 3 heterocycles. The van der Waals surface area contributed by atoms with E-state index in [2.05, 4.69) is 31.5 Å². The van der Waals surface area contributed by atoms with Gasteiger partial charge in [0.15, 0.2) is 11.6 Å². The summed E-state index contributed by atoms with van der Waals surface area (Å²) in [4.78, 5) is 21.3. The molecule has 6 atom stereocenters. The number of hydrogen-bond donors (Lipinski definition) is 4. The molecule has 4 aliphatic rings. The summed E-state index contributed by atoms with van der Waals surface area (Å²) >= 11 is 0. The van der Waals surface area contributed by atoms with Crippen LogP contribution < -0.4 is 31.0 Å². The zero-order valence-corrected chi connectivity index (χ0v) is 18.2. The van der Waals surface area contributed by atoms with Gasteiger partial charge in [-0.15, -0.1) is 0 Å². The van der Waals surface area contributed by atoms with E-state index in [9.17, 15) is 4.79 Å². The first-order valence-corrected chi connectivity index (χ1v) is 11.3. The summed E-state index contributed by atoms with van der Waals surface area (Å²) < 4.78 is 10.8. The zero-order chi connectivity index (χ0) is 21.9. The van der Waals surface area contributed by atoms with Crippen LogP contribution in [0, 0.1) is 17.8 Å². The molecule has 2 aliphatic carbocycles. The maximum Gasteiger partial charge on any atom is 0.235 e. The number of fused-ring (bicyclic) bond motifs is 3. The number of carbonyl (C=O) groups excluding carboxylic acids is 1. The molecule has 3 fully saturated rings. The molecule has 0 bridgehead atoms. The number of ether oxygens (including phenoxy) is 2. The van der Waals surface area contributed by atoms with Gasteiger partial charge in [-0.2, -0.15) is 0 Å². The Bertz CT molecular complexity index is 1060. The highest BCUT2D eigenvalue weighted by atomic mass is 16.5. The average Bonchev–Trinajstić information content (AvgIpc) is 3.38. The topological polar surface area (TPSA) is 109 Å². The molecule has 32 heavy (non-hydrogen) atoms. The molecular formula is C23H28N6O3. The molecular weight excluding hydrogens is 408 g/mol. The number of benzene rings is 1. The number of hydrazine groups is 1. The largest absolute Gasteiger partial charge is 0.497 e. The number of rotatable bonds is 5. The highest BCUT2D eigenvalue weighted by Gasteiger charge is 2.67. The molecule has 1 aromatic carbocycles. The maximum absolute atomic E-state index is 13.0. The maximum atomic E-state index is 13.0. The van der Waals surface area contributed by atoms with Crippen LogP contribution in [0.4, 0.5) is 11.5 Å². The first-order chi connectivity index (χ1) is 15.6. The summed E-state index contributed by atoms with van der Waals surface area (Å²) in [6.45, 7) is 0. The van der Waals surface area contributed by atoms with Crippen molar-refractivity contribution < 1.29 is 14.3 Å².